The molecule has 1 saturated heterocycles. The van der Waals surface area contributed by atoms with E-state index in [1.807, 2.05) is 59.5 Å². The number of hydrogen-bond acceptors (Lipinski definition) is 6. The van der Waals surface area contributed by atoms with Crippen LogP contribution in [0.5, 0.6) is 17.2 Å². The van der Waals surface area contributed by atoms with E-state index in [0.717, 1.165) is 35.8 Å². The SMILES string of the molecule is COc1ccc(N2CCN(C(=O)c3cc(-c4ccc(OC)cc4OC)nn3-c3ccc(Cl)cc3)CC2)cc1. The van der Waals surface area contributed by atoms with Gasteiger partial charge in [-0.2, -0.15) is 5.10 Å². The summed E-state index contributed by atoms with van der Waals surface area (Å²) in [6, 6.07) is 22.6. The van der Waals surface area contributed by atoms with Crippen molar-refractivity contribution in [3.63, 3.8) is 0 Å². The first kappa shape index (κ1) is 25.5. The van der Waals surface area contributed by atoms with Crippen molar-refractivity contribution in [2.75, 3.05) is 52.4 Å². The monoisotopic (exact) mass is 532 g/mol. The van der Waals surface area contributed by atoms with E-state index in [2.05, 4.69) is 4.90 Å². The Kier molecular flexibility index (Phi) is 7.42. The molecular weight excluding hydrogens is 504 g/mol. The minimum absolute atomic E-state index is 0.0828. The fraction of sp³-hybridized carbons (Fsp3) is 0.241. The summed E-state index contributed by atoms with van der Waals surface area (Å²) in [7, 11) is 4.86. The Morgan fingerprint density at radius 3 is 2.03 bits per heavy atom. The maximum Gasteiger partial charge on any atom is 0.272 e. The number of hydrogen-bond donors (Lipinski definition) is 0. The Labute approximate surface area is 226 Å². The molecule has 0 unspecified atom stereocenters. The van der Waals surface area contributed by atoms with Gasteiger partial charge in [0.25, 0.3) is 5.91 Å². The fourth-order valence-electron chi connectivity index (χ4n) is 4.58. The molecule has 0 N–H and O–H groups in total. The van der Waals surface area contributed by atoms with Crippen LogP contribution in [0.4, 0.5) is 5.69 Å². The van der Waals surface area contributed by atoms with Crippen LogP contribution in [0, 0.1) is 0 Å². The Morgan fingerprint density at radius 2 is 1.39 bits per heavy atom. The van der Waals surface area contributed by atoms with Crippen molar-refractivity contribution >= 4 is 23.2 Å². The molecule has 0 radical (unpaired) electrons. The third kappa shape index (κ3) is 5.13. The Morgan fingerprint density at radius 1 is 0.763 bits per heavy atom. The van der Waals surface area contributed by atoms with E-state index < -0.39 is 0 Å². The van der Waals surface area contributed by atoms with Gasteiger partial charge in [-0.3, -0.25) is 4.79 Å². The van der Waals surface area contributed by atoms with Crippen LogP contribution in [0.3, 0.4) is 0 Å². The van der Waals surface area contributed by atoms with E-state index in [0.29, 0.717) is 41.0 Å². The van der Waals surface area contributed by atoms with Crippen LogP contribution in [0.15, 0.2) is 72.8 Å². The van der Waals surface area contributed by atoms with Gasteiger partial charge in [-0.05, 0) is 66.7 Å². The van der Waals surface area contributed by atoms with Crippen LogP contribution < -0.4 is 19.1 Å². The van der Waals surface area contributed by atoms with Gasteiger partial charge in [0.2, 0.25) is 0 Å². The number of halogens is 1. The van der Waals surface area contributed by atoms with E-state index in [1.165, 1.54) is 0 Å². The summed E-state index contributed by atoms with van der Waals surface area (Å²) in [6.07, 6.45) is 0. The zero-order valence-corrected chi connectivity index (χ0v) is 22.3. The average Bonchev–Trinajstić information content (AvgIpc) is 3.42. The number of nitrogens with zero attached hydrogens (tertiary/aromatic N) is 4. The Hall–Kier alpha value is -4.17. The lowest BCUT2D eigenvalue weighted by atomic mass is 10.1. The van der Waals surface area contributed by atoms with Gasteiger partial charge in [0.05, 0.1) is 32.7 Å². The molecule has 38 heavy (non-hydrogen) atoms. The summed E-state index contributed by atoms with van der Waals surface area (Å²) < 4.78 is 17.9. The first-order valence-electron chi connectivity index (χ1n) is 12.3. The minimum Gasteiger partial charge on any atom is -0.497 e. The van der Waals surface area contributed by atoms with Crippen LogP contribution >= 0.6 is 11.6 Å². The normalized spacial score (nSPS) is 13.4. The summed E-state index contributed by atoms with van der Waals surface area (Å²) in [5, 5.41) is 5.43. The second-order valence-corrected chi connectivity index (χ2v) is 9.28. The van der Waals surface area contributed by atoms with Crippen molar-refractivity contribution in [1.82, 2.24) is 14.7 Å². The summed E-state index contributed by atoms with van der Waals surface area (Å²) in [6.45, 7) is 2.65. The van der Waals surface area contributed by atoms with Gasteiger partial charge in [-0.1, -0.05) is 11.6 Å². The molecule has 1 aliphatic rings. The van der Waals surface area contributed by atoms with Gasteiger partial charge in [0.15, 0.2) is 0 Å². The molecule has 0 saturated carbocycles. The maximum atomic E-state index is 13.8. The predicted molar refractivity (Wildman–Crippen MR) is 148 cm³/mol. The van der Waals surface area contributed by atoms with E-state index >= 15 is 0 Å². The highest BCUT2D eigenvalue weighted by Gasteiger charge is 2.27. The molecule has 8 nitrogen and oxygen atoms in total. The summed E-state index contributed by atoms with van der Waals surface area (Å²) in [5.41, 5.74) is 3.71. The molecular formula is C29H29ClN4O4. The lowest BCUT2D eigenvalue weighted by Crippen LogP contribution is -2.49. The van der Waals surface area contributed by atoms with Crippen LogP contribution in [-0.4, -0.2) is 68.1 Å². The van der Waals surface area contributed by atoms with E-state index in [4.69, 9.17) is 30.9 Å². The molecule has 9 heteroatoms. The first-order chi connectivity index (χ1) is 18.5. The Bertz CT molecular complexity index is 1410. The van der Waals surface area contributed by atoms with Gasteiger partial charge in [-0.25, -0.2) is 4.68 Å². The van der Waals surface area contributed by atoms with Crippen LogP contribution in [-0.2, 0) is 0 Å². The highest BCUT2D eigenvalue weighted by molar-refractivity contribution is 6.30. The average molecular weight is 533 g/mol. The largest absolute Gasteiger partial charge is 0.497 e. The lowest BCUT2D eigenvalue weighted by Gasteiger charge is -2.36. The molecule has 0 bridgehead atoms. The van der Waals surface area contributed by atoms with Crippen molar-refractivity contribution in [1.29, 1.82) is 0 Å². The van der Waals surface area contributed by atoms with E-state index in [1.54, 1.807) is 44.2 Å². The third-order valence-electron chi connectivity index (χ3n) is 6.69. The maximum absolute atomic E-state index is 13.8. The van der Waals surface area contributed by atoms with Gasteiger partial charge >= 0.3 is 0 Å². The topological polar surface area (TPSA) is 69.1 Å². The van der Waals surface area contributed by atoms with Crippen molar-refractivity contribution < 1.29 is 19.0 Å². The molecule has 1 aromatic heterocycles. The zero-order chi connectivity index (χ0) is 26.6. The van der Waals surface area contributed by atoms with Crippen LogP contribution in [0.2, 0.25) is 5.02 Å². The van der Waals surface area contributed by atoms with Gasteiger partial charge in [0, 0.05) is 48.5 Å². The summed E-state index contributed by atoms with van der Waals surface area (Å²) in [4.78, 5) is 18.0. The number of carbonyl (C=O) groups excluding carboxylic acids is 1. The first-order valence-corrected chi connectivity index (χ1v) is 12.6. The minimum atomic E-state index is -0.0828. The molecule has 1 fully saturated rings. The quantitative estimate of drug-likeness (QED) is 0.327. The molecule has 2 heterocycles. The molecule has 0 spiro atoms. The smallest absolute Gasteiger partial charge is 0.272 e. The second kappa shape index (κ2) is 11.1. The zero-order valence-electron chi connectivity index (χ0n) is 21.6. The molecule has 1 aliphatic heterocycles. The number of carbonyl (C=O) groups is 1. The third-order valence-corrected chi connectivity index (χ3v) is 6.94. The van der Waals surface area contributed by atoms with Crippen molar-refractivity contribution in [3.8, 4) is 34.2 Å². The number of ether oxygens (including phenoxy) is 3. The van der Waals surface area contributed by atoms with Crippen molar-refractivity contribution in [2.24, 2.45) is 0 Å². The second-order valence-electron chi connectivity index (χ2n) is 8.85. The molecule has 4 aromatic rings. The molecule has 1 amide bonds. The van der Waals surface area contributed by atoms with Gasteiger partial charge in [-0.15, -0.1) is 0 Å². The molecule has 196 valence electrons. The number of piperazine rings is 1. The number of rotatable bonds is 7. The van der Waals surface area contributed by atoms with Gasteiger partial charge in [0.1, 0.15) is 22.9 Å². The lowest BCUT2D eigenvalue weighted by molar-refractivity contribution is 0.0737. The molecule has 3 aromatic carbocycles. The standard InChI is InChI=1S/C29H29ClN4O4/c1-36-23-10-8-21(9-11-23)32-14-16-33(17-15-32)29(35)27-19-26(25-13-12-24(37-2)18-28(25)38-3)31-34(27)22-6-4-20(30)5-7-22/h4-13,18-19H,14-17H2,1-3H3. The van der Waals surface area contributed by atoms with Crippen molar-refractivity contribution in [3.05, 3.63) is 83.5 Å². The van der Waals surface area contributed by atoms with Crippen molar-refractivity contribution in [2.45, 2.75) is 0 Å². The summed E-state index contributed by atoms with van der Waals surface area (Å²) >= 11 is 6.13. The number of amides is 1. The predicted octanol–water partition coefficient (Wildman–Crippen LogP) is 5.18. The van der Waals surface area contributed by atoms with Crippen LogP contribution in [0.25, 0.3) is 16.9 Å². The number of benzene rings is 3. The molecule has 0 atom stereocenters. The number of methoxy groups -OCH3 is 3. The molecule has 5 rings (SSSR count). The number of aromatic nitrogens is 2. The summed E-state index contributed by atoms with van der Waals surface area (Å²) in [5.74, 6) is 2.02. The van der Waals surface area contributed by atoms with Gasteiger partial charge < -0.3 is 24.0 Å². The van der Waals surface area contributed by atoms with E-state index in [-0.39, 0.29) is 5.91 Å². The fourth-order valence-corrected chi connectivity index (χ4v) is 4.70. The molecule has 0 aliphatic carbocycles. The number of anilines is 1. The highest BCUT2D eigenvalue weighted by atomic mass is 35.5. The van der Waals surface area contributed by atoms with E-state index in [9.17, 15) is 4.79 Å². The highest BCUT2D eigenvalue weighted by Crippen LogP contribution is 2.34. The Balaban J connectivity index is 1.44. The van der Waals surface area contributed by atoms with Crippen LogP contribution in [0.1, 0.15) is 10.5 Å².